The van der Waals surface area contributed by atoms with Crippen LogP contribution in [0, 0.1) is 0 Å². The van der Waals surface area contributed by atoms with Gasteiger partial charge in [-0.15, -0.1) is 0 Å². The molecule has 1 heterocycles. The molecule has 5 nitrogen and oxygen atoms in total. The van der Waals surface area contributed by atoms with Crippen LogP contribution in [0.2, 0.25) is 0 Å². The molecule has 1 aromatic rings. The Morgan fingerprint density at radius 2 is 2.09 bits per heavy atom. The van der Waals surface area contributed by atoms with Gasteiger partial charge in [-0.05, 0) is 37.9 Å². The summed E-state index contributed by atoms with van der Waals surface area (Å²) in [4.78, 5) is 12.2. The van der Waals surface area contributed by atoms with E-state index in [0.29, 0.717) is 17.8 Å². The highest BCUT2D eigenvalue weighted by atomic mass is 32.2. The SMILES string of the molecule is CCS[C@@H]1CC[C@H](NC(=O)NCc2c(CC)nn(C)c2CC)C1. The average molecular weight is 339 g/mol. The van der Waals surface area contributed by atoms with Crippen molar-refractivity contribution in [1.29, 1.82) is 0 Å². The van der Waals surface area contributed by atoms with E-state index in [4.69, 9.17) is 0 Å². The third kappa shape index (κ3) is 4.66. The molecule has 0 spiro atoms. The van der Waals surface area contributed by atoms with Gasteiger partial charge in [0, 0.05) is 36.1 Å². The largest absolute Gasteiger partial charge is 0.335 e. The van der Waals surface area contributed by atoms with E-state index in [9.17, 15) is 4.79 Å². The molecule has 2 atom stereocenters. The van der Waals surface area contributed by atoms with Crippen LogP contribution in [0.25, 0.3) is 0 Å². The Hall–Kier alpha value is -1.17. The summed E-state index contributed by atoms with van der Waals surface area (Å²) in [6, 6.07) is 0.273. The number of thioether (sulfide) groups is 1. The molecule has 0 saturated heterocycles. The summed E-state index contributed by atoms with van der Waals surface area (Å²) in [5.74, 6) is 1.16. The molecule has 1 fully saturated rings. The van der Waals surface area contributed by atoms with Crippen LogP contribution < -0.4 is 10.6 Å². The van der Waals surface area contributed by atoms with Gasteiger partial charge in [-0.1, -0.05) is 20.8 Å². The van der Waals surface area contributed by atoms with Crippen molar-refractivity contribution in [3.63, 3.8) is 0 Å². The molecule has 2 rings (SSSR count). The van der Waals surface area contributed by atoms with E-state index in [1.54, 1.807) is 0 Å². The van der Waals surface area contributed by atoms with E-state index < -0.39 is 0 Å². The van der Waals surface area contributed by atoms with Gasteiger partial charge in [0.25, 0.3) is 0 Å². The fourth-order valence-corrected chi connectivity index (χ4v) is 4.60. The average Bonchev–Trinajstić information content (AvgIpc) is 3.09. The topological polar surface area (TPSA) is 59.0 Å². The van der Waals surface area contributed by atoms with E-state index >= 15 is 0 Å². The number of nitrogens with one attached hydrogen (secondary N) is 2. The van der Waals surface area contributed by atoms with Crippen LogP contribution in [-0.4, -0.2) is 32.9 Å². The van der Waals surface area contributed by atoms with Crippen molar-refractivity contribution >= 4 is 17.8 Å². The maximum Gasteiger partial charge on any atom is 0.315 e. The summed E-state index contributed by atoms with van der Waals surface area (Å²) in [6.45, 7) is 6.99. The molecule has 23 heavy (non-hydrogen) atoms. The second-order valence-electron chi connectivity index (χ2n) is 6.12. The highest BCUT2D eigenvalue weighted by molar-refractivity contribution is 7.99. The molecule has 0 bridgehead atoms. The van der Waals surface area contributed by atoms with Crippen molar-refractivity contribution in [2.24, 2.45) is 7.05 Å². The van der Waals surface area contributed by atoms with Crippen LogP contribution in [0.3, 0.4) is 0 Å². The van der Waals surface area contributed by atoms with Gasteiger partial charge in [0.05, 0.1) is 5.69 Å². The van der Waals surface area contributed by atoms with E-state index in [2.05, 4.69) is 36.5 Å². The van der Waals surface area contributed by atoms with Crippen molar-refractivity contribution in [3.8, 4) is 0 Å². The van der Waals surface area contributed by atoms with Crippen molar-refractivity contribution in [1.82, 2.24) is 20.4 Å². The van der Waals surface area contributed by atoms with Gasteiger partial charge in [0.15, 0.2) is 0 Å². The van der Waals surface area contributed by atoms with Crippen LogP contribution in [0.1, 0.15) is 57.0 Å². The Kier molecular flexibility index (Phi) is 6.81. The van der Waals surface area contributed by atoms with Gasteiger partial charge in [-0.2, -0.15) is 16.9 Å². The lowest BCUT2D eigenvalue weighted by molar-refractivity contribution is 0.236. The summed E-state index contributed by atoms with van der Waals surface area (Å²) in [6.07, 6.45) is 5.23. The molecule has 0 aliphatic heterocycles. The predicted octanol–water partition coefficient (Wildman–Crippen LogP) is 3.02. The summed E-state index contributed by atoms with van der Waals surface area (Å²) >= 11 is 2.01. The number of aromatic nitrogens is 2. The van der Waals surface area contributed by atoms with Crippen LogP contribution in [0.15, 0.2) is 0 Å². The fourth-order valence-electron chi connectivity index (χ4n) is 3.46. The number of rotatable bonds is 7. The molecule has 0 unspecified atom stereocenters. The number of carbonyl (C=O) groups is 1. The van der Waals surface area contributed by atoms with Crippen LogP contribution in [0.5, 0.6) is 0 Å². The summed E-state index contributed by atoms with van der Waals surface area (Å²) in [7, 11) is 1.98. The van der Waals surface area contributed by atoms with Crippen LogP contribution >= 0.6 is 11.8 Å². The molecule has 2 amide bonds. The molecular formula is C17H30N4OS. The zero-order chi connectivity index (χ0) is 16.8. The van der Waals surface area contributed by atoms with Gasteiger partial charge >= 0.3 is 6.03 Å². The summed E-state index contributed by atoms with van der Waals surface area (Å²) < 4.78 is 1.94. The van der Waals surface area contributed by atoms with Gasteiger partial charge in [0.1, 0.15) is 0 Å². The number of hydrogen-bond acceptors (Lipinski definition) is 3. The lowest BCUT2D eigenvalue weighted by Crippen LogP contribution is -2.41. The molecule has 6 heteroatoms. The molecule has 0 aromatic carbocycles. The molecule has 1 saturated carbocycles. The Bertz CT molecular complexity index is 529. The summed E-state index contributed by atoms with van der Waals surface area (Å²) in [5, 5.41) is 11.4. The Balaban J connectivity index is 1.85. The summed E-state index contributed by atoms with van der Waals surface area (Å²) in [5.41, 5.74) is 3.48. The van der Waals surface area contributed by atoms with Gasteiger partial charge in [0.2, 0.25) is 0 Å². The van der Waals surface area contributed by atoms with Crippen molar-refractivity contribution in [3.05, 3.63) is 17.0 Å². The minimum absolute atomic E-state index is 0.0508. The van der Waals surface area contributed by atoms with Gasteiger partial charge < -0.3 is 10.6 Å². The molecule has 0 radical (unpaired) electrons. The minimum Gasteiger partial charge on any atom is -0.335 e. The van der Waals surface area contributed by atoms with E-state index in [0.717, 1.165) is 37.1 Å². The third-order valence-corrected chi connectivity index (χ3v) is 5.81. The smallest absolute Gasteiger partial charge is 0.315 e. The molecular weight excluding hydrogens is 308 g/mol. The number of hydrogen-bond donors (Lipinski definition) is 2. The minimum atomic E-state index is -0.0508. The number of nitrogens with zero attached hydrogens (tertiary/aromatic N) is 2. The zero-order valence-electron chi connectivity index (χ0n) is 14.8. The second-order valence-corrected chi connectivity index (χ2v) is 7.69. The van der Waals surface area contributed by atoms with Gasteiger partial charge in [-0.25, -0.2) is 4.79 Å². The Labute approximate surface area is 144 Å². The monoisotopic (exact) mass is 338 g/mol. The first kappa shape index (κ1) is 18.2. The standard InChI is InChI=1S/C17H30N4OS/c1-5-15-14(16(6-2)21(4)20-15)11-18-17(22)19-12-8-9-13(10-12)23-7-3/h12-13H,5-11H2,1-4H3,(H2,18,19,22)/t12-,13+/m0/s1. The fraction of sp³-hybridized carbons (Fsp3) is 0.765. The molecule has 130 valence electrons. The Morgan fingerprint density at radius 3 is 2.74 bits per heavy atom. The highest BCUT2D eigenvalue weighted by Gasteiger charge is 2.25. The number of urea groups is 1. The first-order valence-corrected chi connectivity index (χ1v) is 9.83. The third-order valence-electron chi connectivity index (χ3n) is 4.58. The number of amides is 2. The molecule has 2 N–H and O–H groups in total. The predicted molar refractivity (Wildman–Crippen MR) is 96.9 cm³/mol. The second kappa shape index (κ2) is 8.62. The zero-order valence-corrected chi connectivity index (χ0v) is 15.6. The Morgan fingerprint density at radius 1 is 1.30 bits per heavy atom. The van der Waals surface area contributed by atoms with Crippen molar-refractivity contribution in [2.75, 3.05) is 5.75 Å². The van der Waals surface area contributed by atoms with Crippen LogP contribution in [0.4, 0.5) is 4.79 Å². The molecule has 1 aliphatic rings. The van der Waals surface area contributed by atoms with Crippen molar-refractivity contribution < 1.29 is 4.79 Å². The lowest BCUT2D eigenvalue weighted by Gasteiger charge is -2.14. The van der Waals surface area contributed by atoms with Gasteiger partial charge in [-0.3, -0.25) is 4.68 Å². The number of aryl methyl sites for hydroxylation is 2. The molecule has 1 aliphatic carbocycles. The number of carbonyl (C=O) groups excluding carboxylic acids is 1. The first-order chi connectivity index (χ1) is 11.1. The van der Waals surface area contributed by atoms with Crippen molar-refractivity contribution in [2.45, 2.75) is 70.7 Å². The first-order valence-electron chi connectivity index (χ1n) is 8.78. The molecule has 1 aromatic heterocycles. The van der Waals surface area contributed by atoms with E-state index in [-0.39, 0.29) is 6.03 Å². The normalized spacial score (nSPS) is 20.7. The lowest BCUT2D eigenvalue weighted by atomic mass is 10.1. The van der Waals surface area contributed by atoms with E-state index in [1.807, 2.05) is 23.5 Å². The maximum absolute atomic E-state index is 12.2. The highest BCUT2D eigenvalue weighted by Crippen LogP contribution is 2.29. The quantitative estimate of drug-likeness (QED) is 0.803. The maximum atomic E-state index is 12.2. The van der Waals surface area contributed by atoms with E-state index in [1.165, 1.54) is 17.7 Å². The van der Waals surface area contributed by atoms with Crippen LogP contribution in [-0.2, 0) is 26.4 Å².